The fourth-order valence-electron chi connectivity index (χ4n) is 3.34. The van der Waals surface area contributed by atoms with Crippen molar-refractivity contribution in [1.29, 1.82) is 0 Å². The number of aromatic amines is 1. The summed E-state index contributed by atoms with van der Waals surface area (Å²) in [6, 6.07) is 6.08. The van der Waals surface area contributed by atoms with Crippen LogP contribution in [0.15, 0.2) is 29.2 Å². The molecule has 2 heterocycles. The lowest BCUT2D eigenvalue weighted by Gasteiger charge is -2.15. The second kappa shape index (κ2) is 6.51. The Morgan fingerprint density at radius 3 is 2.46 bits per heavy atom. The van der Waals surface area contributed by atoms with Crippen LogP contribution in [0.4, 0.5) is 5.82 Å². The Balaban J connectivity index is 1.49. The standard InChI is InChI=1S/C18H22N4O3S/c1-12-16(13-4-5-13)20-21-17(12)19-18(23)14-6-8-15(9-7-14)26(24,25)22-10-2-3-11-22/h6-9,13H,2-5,10-11H2,1H3,(H2,19,20,21,23). The number of amides is 1. The molecular weight excluding hydrogens is 352 g/mol. The molecule has 0 bridgehead atoms. The van der Waals surface area contributed by atoms with Crippen LogP contribution >= 0.6 is 0 Å². The minimum atomic E-state index is -3.46. The first kappa shape index (κ1) is 17.2. The van der Waals surface area contributed by atoms with E-state index >= 15 is 0 Å². The first-order valence-electron chi connectivity index (χ1n) is 8.93. The number of aromatic nitrogens is 2. The number of nitrogens with one attached hydrogen (secondary N) is 2. The van der Waals surface area contributed by atoms with E-state index in [-0.39, 0.29) is 10.8 Å². The third-order valence-corrected chi connectivity index (χ3v) is 7.00. The van der Waals surface area contributed by atoms with Crippen molar-refractivity contribution in [3.63, 3.8) is 0 Å². The number of hydrogen-bond donors (Lipinski definition) is 2. The number of sulfonamides is 1. The smallest absolute Gasteiger partial charge is 0.256 e. The molecule has 26 heavy (non-hydrogen) atoms. The van der Waals surface area contributed by atoms with Crippen molar-refractivity contribution in [3.05, 3.63) is 41.1 Å². The maximum absolute atomic E-state index is 12.5. The third-order valence-electron chi connectivity index (χ3n) is 5.08. The van der Waals surface area contributed by atoms with E-state index in [1.165, 1.54) is 16.4 Å². The van der Waals surface area contributed by atoms with E-state index in [1.54, 1.807) is 12.1 Å². The Hall–Kier alpha value is -2.19. The molecule has 1 saturated carbocycles. The summed E-state index contributed by atoms with van der Waals surface area (Å²) in [7, 11) is -3.46. The van der Waals surface area contributed by atoms with Gasteiger partial charge in [0.2, 0.25) is 10.0 Å². The number of H-pyrrole nitrogens is 1. The molecule has 1 aromatic heterocycles. The van der Waals surface area contributed by atoms with Crippen molar-refractivity contribution in [2.45, 2.75) is 43.4 Å². The van der Waals surface area contributed by atoms with Crippen LogP contribution in [0.2, 0.25) is 0 Å². The maximum atomic E-state index is 12.5. The van der Waals surface area contributed by atoms with E-state index < -0.39 is 10.0 Å². The van der Waals surface area contributed by atoms with Crippen LogP contribution in [0.3, 0.4) is 0 Å². The average Bonchev–Trinajstić information content (AvgIpc) is 3.18. The zero-order valence-corrected chi connectivity index (χ0v) is 15.5. The highest BCUT2D eigenvalue weighted by molar-refractivity contribution is 7.89. The molecule has 1 aliphatic carbocycles. The molecule has 1 aromatic carbocycles. The minimum Gasteiger partial charge on any atom is -0.305 e. The van der Waals surface area contributed by atoms with Gasteiger partial charge in [-0.2, -0.15) is 9.40 Å². The lowest BCUT2D eigenvalue weighted by Crippen LogP contribution is -2.27. The molecule has 2 aromatic rings. The molecule has 8 heteroatoms. The van der Waals surface area contributed by atoms with Gasteiger partial charge in [0.05, 0.1) is 4.90 Å². The second-order valence-corrected chi connectivity index (χ2v) is 8.91. The predicted octanol–water partition coefficient (Wildman–Crippen LogP) is 2.63. The average molecular weight is 374 g/mol. The minimum absolute atomic E-state index is 0.225. The van der Waals surface area contributed by atoms with Crippen molar-refractivity contribution in [3.8, 4) is 0 Å². The molecule has 0 atom stereocenters. The first-order valence-corrected chi connectivity index (χ1v) is 10.4. The Morgan fingerprint density at radius 1 is 1.19 bits per heavy atom. The van der Waals surface area contributed by atoms with Crippen molar-refractivity contribution in [2.24, 2.45) is 0 Å². The summed E-state index contributed by atoms with van der Waals surface area (Å²) in [5.74, 6) is 0.765. The number of nitrogens with zero attached hydrogens (tertiary/aromatic N) is 2. The van der Waals surface area contributed by atoms with Gasteiger partial charge >= 0.3 is 0 Å². The van der Waals surface area contributed by atoms with Gasteiger partial charge in [0.1, 0.15) is 0 Å². The van der Waals surface area contributed by atoms with Crippen LogP contribution in [0.25, 0.3) is 0 Å². The summed E-state index contributed by atoms with van der Waals surface area (Å²) in [6.07, 6.45) is 4.10. The molecule has 0 unspecified atom stereocenters. The Kier molecular flexibility index (Phi) is 4.32. The van der Waals surface area contributed by atoms with E-state index in [1.807, 2.05) is 6.92 Å². The number of hydrogen-bond acceptors (Lipinski definition) is 4. The normalized spacial score (nSPS) is 18.2. The molecule has 2 aliphatic rings. The summed E-state index contributed by atoms with van der Waals surface area (Å²) in [6.45, 7) is 3.07. The molecule has 1 saturated heterocycles. The quantitative estimate of drug-likeness (QED) is 0.841. The van der Waals surface area contributed by atoms with Gasteiger partial charge in [0.25, 0.3) is 5.91 Å². The van der Waals surface area contributed by atoms with Gasteiger partial charge in [0.15, 0.2) is 5.82 Å². The number of carbonyl (C=O) groups is 1. The highest BCUT2D eigenvalue weighted by Gasteiger charge is 2.29. The van der Waals surface area contributed by atoms with Crippen molar-refractivity contribution in [2.75, 3.05) is 18.4 Å². The van der Waals surface area contributed by atoms with Crippen molar-refractivity contribution in [1.82, 2.24) is 14.5 Å². The van der Waals surface area contributed by atoms with Gasteiger partial charge < -0.3 is 5.32 Å². The summed E-state index contributed by atoms with van der Waals surface area (Å²) in [5.41, 5.74) is 2.46. The van der Waals surface area contributed by atoms with Gasteiger partial charge in [-0.15, -0.1) is 0 Å². The number of rotatable bonds is 5. The molecule has 0 radical (unpaired) electrons. The van der Waals surface area contributed by atoms with E-state index in [0.29, 0.717) is 30.4 Å². The Bertz CT molecular complexity index is 924. The molecule has 7 nitrogen and oxygen atoms in total. The lowest BCUT2D eigenvalue weighted by molar-refractivity contribution is 0.102. The molecule has 1 amide bonds. The van der Waals surface area contributed by atoms with Crippen molar-refractivity contribution < 1.29 is 13.2 Å². The number of anilines is 1. The van der Waals surface area contributed by atoms with E-state index in [0.717, 1.165) is 36.9 Å². The van der Waals surface area contributed by atoms with Gasteiger partial charge in [-0.25, -0.2) is 8.42 Å². The Morgan fingerprint density at radius 2 is 1.85 bits per heavy atom. The van der Waals surface area contributed by atoms with E-state index in [9.17, 15) is 13.2 Å². The largest absolute Gasteiger partial charge is 0.305 e. The summed E-state index contributed by atoms with van der Waals surface area (Å²) < 4.78 is 26.6. The first-order chi connectivity index (χ1) is 12.5. The van der Waals surface area contributed by atoms with Crippen LogP contribution in [0.5, 0.6) is 0 Å². The second-order valence-electron chi connectivity index (χ2n) is 6.97. The van der Waals surface area contributed by atoms with Crippen LogP contribution in [-0.2, 0) is 10.0 Å². The highest BCUT2D eigenvalue weighted by atomic mass is 32.2. The Labute approximate surface area is 152 Å². The molecule has 138 valence electrons. The molecule has 4 rings (SSSR count). The fraction of sp³-hybridized carbons (Fsp3) is 0.444. The van der Waals surface area contributed by atoms with Crippen molar-refractivity contribution >= 4 is 21.7 Å². The predicted molar refractivity (Wildman–Crippen MR) is 97.7 cm³/mol. The van der Waals surface area contributed by atoms with Crippen LogP contribution in [-0.4, -0.2) is 41.9 Å². The van der Waals surface area contributed by atoms with Crippen LogP contribution in [0.1, 0.15) is 53.2 Å². The molecule has 2 N–H and O–H groups in total. The number of benzene rings is 1. The van der Waals surface area contributed by atoms with Gasteiger partial charge in [-0.05, 0) is 56.9 Å². The third kappa shape index (κ3) is 3.14. The van der Waals surface area contributed by atoms with Gasteiger partial charge in [-0.3, -0.25) is 9.89 Å². The summed E-state index contributed by atoms with van der Waals surface area (Å²) in [5, 5.41) is 10.00. The molecule has 1 aliphatic heterocycles. The molecule has 2 fully saturated rings. The topological polar surface area (TPSA) is 95.2 Å². The highest BCUT2D eigenvalue weighted by Crippen LogP contribution is 2.41. The summed E-state index contributed by atoms with van der Waals surface area (Å²) in [4.78, 5) is 12.7. The fourth-order valence-corrected chi connectivity index (χ4v) is 4.86. The zero-order valence-electron chi connectivity index (χ0n) is 14.7. The number of carbonyl (C=O) groups excluding carboxylic acids is 1. The van der Waals surface area contributed by atoms with E-state index in [2.05, 4.69) is 15.5 Å². The SMILES string of the molecule is Cc1c(NC(=O)c2ccc(S(=O)(=O)N3CCCC3)cc2)n[nH]c1C1CC1. The monoisotopic (exact) mass is 374 g/mol. The lowest BCUT2D eigenvalue weighted by atomic mass is 10.2. The van der Waals surface area contributed by atoms with Gasteiger partial charge in [-0.1, -0.05) is 0 Å². The molecular formula is C18H22N4O3S. The summed E-state index contributed by atoms with van der Waals surface area (Å²) >= 11 is 0. The van der Waals surface area contributed by atoms with Crippen LogP contribution < -0.4 is 5.32 Å². The zero-order chi connectivity index (χ0) is 18.3. The van der Waals surface area contributed by atoms with Crippen LogP contribution in [0, 0.1) is 6.92 Å². The van der Waals surface area contributed by atoms with Gasteiger partial charge in [0, 0.05) is 35.8 Å². The molecule has 0 spiro atoms. The van der Waals surface area contributed by atoms with E-state index in [4.69, 9.17) is 0 Å². The maximum Gasteiger partial charge on any atom is 0.256 e.